The molecule has 0 aliphatic rings. The number of fused-ring (bicyclic) bond motifs is 3. The van der Waals surface area contributed by atoms with Crippen molar-refractivity contribution < 1.29 is 17.6 Å². The van der Waals surface area contributed by atoms with Gasteiger partial charge in [0.05, 0.1) is 28.0 Å². The van der Waals surface area contributed by atoms with Crippen LogP contribution in [-0.2, 0) is 0 Å². The molecule has 0 aliphatic heterocycles. The number of pyridine rings is 2. The van der Waals surface area contributed by atoms with Gasteiger partial charge in [-0.1, -0.05) is 78.9 Å². The molecule has 7 rings (SSSR count). The van der Waals surface area contributed by atoms with Gasteiger partial charge in [-0.05, 0) is 29.8 Å². The number of benzene rings is 4. The van der Waals surface area contributed by atoms with Crippen LogP contribution >= 0.6 is 0 Å². The van der Waals surface area contributed by atoms with Crippen LogP contribution in [0.15, 0.2) is 116 Å². The Morgan fingerprint density at radius 1 is 0.512 bits per heavy atom. The predicted molar refractivity (Wildman–Crippen MR) is 153 cm³/mol. The highest BCUT2D eigenvalue weighted by molar-refractivity contribution is 6.08. The molecule has 3 nitrogen and oxygen atoms in total. The summed E-state index contributed by atoms with van der Waals surface area (Å²) in [6.07, 6.45) is 3.01. The zero-order chi connectivity index (χ0) is 28.1. The van der Waals surface area contributed by atoms with E-state index in [2.05, 4.69) is 9.97 Å². The first-order valence-corrected chi connectivity index (χ1v) is 12.9. The van der Waals surface area contributed by atoms with E-state index in [4.69, 9.17) is 0 Å². The Morgan fingerprint density at radius 3 is 1.66 bits per heavy atom. The van der Waals surface area contributed by atoms with E-state index in [1.54, 1.807) is 60.8 Å². The molecule has 0 spiro atoms. The predicted octanol–water partition coefficient (Wildman–Crippen LogP) is 9.13. The maximum Gasteiger partial charge on any atom is 0.186 e. The van der Waals surface area contributed by atoms with E-state index in [1.807, 2.05) is 36.4 Å². The van der Waals surface area contributed by atoms with Crippen molar-refractivity contribution in [3.63, 3.8) is 0 Å². The molecular weight excluding hydrogens is 526 g/mol. The fourth-order valence-electron chi connectivity index (χ4n) is 5.32. The second-order valence-electron chi connectivity index (χ2n) is 9.58. The van der Waals surface area contributed by atoms with Crippen molar-refractivity contribution in [2.24, 2.45) is 0 Å². The molecule has 0 radical (unpaired) electrons. The zero-order valence-electron chi connectivity index (χ0n) is 21.3. The van der Waals surface area contributed by atoms with Gasteiger partial charge in [0, 0.05) is 34.3 Å². The van der Waals surface area contributed by atoms with Gasteiger partial charge in [0.2, 0.25) is 0 Å². The van der Waals surface area contributed by atoms with E-state index in [9.17, 15) is 0 Å². The summed E-state index contributed by atoms with van der Waals surface area (Å²) >= 11 is 0. The average molecular weight is 546 g/mol. The minimum atomic E-state index is -1.50. The number of halogens is 4. The number of rotatable bonds is 4. The van der Waals surface area contributed by atoms with Gasteiger partial charge in [0.25, 0.3) is 0 Å². The van der Waals surface area contributed by atoms with Crippen LogP contribution < -0.4 is 0 Å². The molecule has 0 bridgehead atoms. The molecule has 41 heavy (non-hydrogen) atoms. The van der Waals surface area contributed by atoms with Crippen LogP contribution in [0.25, 0.3) is 61.1 Å². The Hall–Kier alpha value is -5.30. The van der Waals surface area contributed by atoms with Gasteiger partial charge in [-0.15, -0.1) is 0 Å². The highest BCUT2D eigenvalue weighted by Crippen LogP contribution is 2.40. The Kier molecular flexibility index (Phi) is 5.86. The molecule has 7 aromatic rings. The van der Waals surface area contributed by atoms with Crippen LogP contribution in [0.5, 0.6) is 0 Å². The maximum atomic E-state index is 16.0. The molecule has 0 aliphatic carbocycles. The fourth-order valence-corrected chi connectivity index (χ4v) is 5.32. The first kappa shape index (κ1) is 24.7. The SMILES string of the molecule is Fc1c(F)c(-n2c3ccccc3c3cnccc32)c(F)c(F)c1-c1cc(-c2ccccc2)nc(-c2ccccc2)c1. The molecule has 198 valence electrons. The van der Waals surface area contributed by atoms with Gasteiger partial charge >= 0.3 is 0 Å². The first-order chi connectivity index (χ1) is 20.0. The van der Waals surface area contributed by atoms with Crippen molar-refractivity contribution in [1.82, 2.24) is 14.5 Å². The lowest BCUT2D eigenvalue weighted by molar-refractivity contribution is 0.454. The van der Waals surface area contributed by atoms with E-state index in [1.165, 1.54) is 22.9 Å². The lowest BCUT2D eigenvalue weighted by atomic mass is 9.98. The fraction of sp³-hybridized carbons (Fsp3) is 0. The number of hydrogen-bond donors (Lipinski definition) is 0. The number of para-hydroxylation sites is 1. The minimum Gasteiger partial charge on any atom is -0.304 e. The molecule has 0 saturated heterocycles. The van der Waals surface area contributed by atoms with Crippen LogP contribution in [-0.4, -0.2) is 14.5 Å². The molecule has 0 saturated carbocycles. The molecule has 3 heterocycles. The first-order valence-electron chi connectivity index (χ1n) is 12.9. The Balaban J connectivity index is 1.51. The Labute approximate surface area is 232 Å². The molecule has 0 atom stereocenters. The Morgan fingerprint density at radius 2 is 1.05 bits per heavy atom. The van der Waals surface area contributed by atoms with E-state index >= 15 is 17.6 Å². The van der Waals surface area contributed by atoms with E-state index in [0.29, 0.717) is 44.3 Å². The van der Waals surface area contributed by atoms with Crippen molar-refractivity contribution in [1.29, 1.82) is 0 Å². The molecule has 0 unspecified atom stereocenters. The second kappa shape index (κ2) is 9.71. The minimum absolute atomic E-state index is 0.0384. The summed E-state index contributed by atoms with van der Waals surface area (Å²) in [5.74, 6) is -6.00. The van der Waals surface area contributed by atoms with E-state index < -0.39 is 34.5 Å². The largest absolute Gasteiger partial charge is 0.304 e. The molecule has 4 aromatic carbocycles. The summed E-state index contributed by atoms with van der Waals surface area (Å²) in [6, 6.07) is 29.4. The second-order valence-corrected chi connectivity index (χ2v) is 9.58. The molecule has 0 fully saturated rings. The van der Waals surface area contributed by atoms with Gasteiger partial charge in [-0.3, -0.25) is 4.98 Å². The summed E-state index contributed by atoms with van der Waals surface area (Å²) in [5.41, 5.74) is 1.26. The summed E-state index contributed by atoms with van der Waals surface area (Å²) < 4.78 is 65.3. The van der Waals surface area contributed by atoms with Crippen LogP contribution in [0.2, 0.25) is 0 Å². The topological polar surface area (TPSA) is 30.7 Å². The standard InChI is InChI=1S/C34H19F4N3/c35-30-29(22-17-25(20-9-3-1-4-10-20)40-26(18-22)21-11-5-2-6-12-21)31(36)33(38)34(32(30)37)41-27-14-8-7-13-23(27)24-19-39-16-15-28(24)41/h1-19H. The number of hydrogen-bond acceptors (Lipinski definition) is 2. The van der Waals surface area contributed by atoms with Gasteiger partial charge in [0.1, 0.15) is 5.69 Å². The normalized spacial score (nSPS) is 11.4. The summed E-state index contributed by atoms with van der Waals surface area (Å²) in [4.78, 5) is 8.80. The highest BCUT2D eigenvalue weighted by Gasteiger charge is 2.30. The van der Waals surface area contributed by atoms with Gasteiger partial charge < -0.3 is 4.57 Å². The third kappa shape index (κ3) is 3.97. The van der Waals surface area contributed by atoms with Crippen LogP contribution in [0.3, 0.4) is 0 Å². The van der Waals surface area contributed by atoms with Crippen molar-refractivity contribution in [2.75, 3.05) is 0 Å². The molecule has 7 heteroatoms. The highest BCUT2D eigenvalue weighted by atomic mass is 19.2. The average Bonchev–Trinajstić information content (AvgIpc) is 3.35. The van der Waals surface area contributed by atoms with Crippen LogP contribution in [0, 0.1) is 23.3 Å². The maximum absolute atomic E-state index is 16.0. The Bertz CT molecular complexity index is 1950. The molecule has 0 amide bonds. The van der Waals surface area contributed by atoms with Crippen molar-refractivity contribution in [3.8, 4) is 39.3 Å². The lowest BCUT2D eigenvalue weighted by Gasteiger charge is -2.16. The quantitative estimate of drug-likeness (QED) is 0.163. The van der Waals surface area contributed by atoms with Crippen molar-refractivity contribution in [2.45, 2.75) is 0 Å². The number of nitrogens with zero attached hydrogens (tertiary/aromatic N) is 3. The zero-order valence-corrected chi connectivity index (χ0v) is 21.3. The third-order valence-corrected chi connectivity index (χ3v) is 7.19. The van der Waals surface area contributed by atoms with E-state index in [0.717, 1.165) is 0 Å². The monoisotopic (exact) mass is 545 g/mol. The number of aromatic nitrogens is 3. The summed E-state index contributed by atoms with van der Waals surface area (Å²) in [7, 11) is 0. The lowest BCUT2D eigenvalue weighted by Crippen LogP contribution is -2.09. The van der Waals surface area contributed by atoms with Crippen LogP contribution in [0.1, 0.15) is 0 Å². The smallest absolute Gasteiger partial charge is 0.186 e. The molecule has 0 N–H and O–H groups in total. The molecule has 3 aromatic heterocycles. The van der Waals surface area contributed by atoms with E-state index in [-0.39, 0.29) is 5.56 Å². The third-order valence-electron chi connectivity index (χ3n) is 7.19. The molecular formula is C34H19F4N3. The van der Waals surface area contributed by atoms with Gasteiger partial charge in [0.15, 0.2) is 23.3 Å². The summed E-state index contributed by atoms with van der Waals surface area (Å²) in [5, 5.41) is 1.24. The van der Waals surface area contributed by atoms with Gasteiger partial charge in [-0.25, -0.2) is 22.5 Å². The van der Waals surface area contributed by atoms with Gasteiger partial charge in [-0.2, -0.15) is 0 Å². The van der Waals surface area contributed by atoms with Crippen LogP contribution in [0.4, 0.5) is 17.6 Å². The van der Waals surface area contributed by atoms with Crippen molar-refractivity contribution >= 4 is 21.8 Å². The summed E-state index contributed by atoms with van der Waals surface area (Å²) in [6.45, 7) is 0. The van der Waals surface area contributed by atoms with Crippen molar-refractivity contribution in [3.05, 3.63) is 139 Å².